The van der Waals surface area contributed by atoms with E-state index in [0.717, 1.165) is 0 Å². The molecule has 1 aromatic carbocycles. The number of amides is 2. The number of alkyl halides is 3. The highest BCUT2D eigenvalue weighted by Gasteiger charge is 2.38. The molecule has 0 aliphatic rings. The fourth-order valence-corrected chi connectivity index (χ4v) is 2.13. The number of carbonyl (C=O) groups is 2. The van der Waals surface area contributed by atoms with Crippen molar-refractivity contribution >= 4 is 22.8 Å². The van der Waals surface area contributed by atoms with Gasteiger partial charge in [0.05, 0.1) is 17.6 Å². The van der Waals surface area contributed by atoms with Gasteiger partial charge in [-0.15, -0.1) is 0 Å². The summed E-state index contributed by atoms with van der Waals surface area (Å²) >= 11 is 0. The number of hydrogen-bond acceptors (Lipinski definition) is 5. The van der Waals surface area contributed by atoms with Gasteiger partial charge in [0.1, 0.15) is 12.6 Å². The first-order valence-electron chi connectivity index (χ1n) is 6.71. The molecule has 5 N–H and O–H groups in total. The number of nitrogens with two attached hydrogens (primary N) is 1. The lowest BCUT2D eigenvalue weighted by Gasteiger charge is -2.16. The van der Waals surface area contributed by atoms with Crippen molar-refractivity contribution in [3.63, 3.8) is 0 Å². The monoisotopic (exact) mass is 345 g/mol. The van der Waals surface area contributed by atoms with Gasteiger partial charge in [-0.2, -0.15) is 13.2 Å². The van der Waals surface area contributed by atoms with Crippen molar-refractivity contribution in [2.75, 3.05) is 6.61 Å². The summed E-state index contributed by atoms with van der Waals surface area (Å²) in [5.41, 5.74) is 1.93. The van der Waals surface area contributed by atoms with Gasteiger partial charge < -0.3 is 15.0 Å². The van der Waals surface area contributed by atoms with Crippen molar-refractivity contribution in [3.05, 3.63) is 30.1 Å². The van der Waals surface area contributed by atoms with Crippen LogP contribution in [-0.4, -0.2) is 39.1 Å². The number of fused-ring (bicyclic) bond motifs is 1. The fraction of sp³-hybridized carbons (Fsp3) is 0.308. The molecule has 1 aromatic heterocycles. The first kappa shape index (κ1) is 17.7. The van der Waals surface area contributed by atoms with E-state index < -0.39 is 43.0 Å². The Balaban J connectivity index is 2.31. The minimum Gasteiger partial charge on any atom is -0.394 e. The first-order valence-corrected chi connectivity index (χ1v) is 6.71. The first-order chi connectivity index (χ1) is 11.3. The van der Waals surface area contributed by atoms with Crippen molar-refractivity contribution in [3.8, 4) is 0 Å². The Hall–Kier alpha value is -2.66. The lowest BCUT2D eigenvalue weighted by Crippen LogP contribution is -2.51. The highest BCUT2D eigenvalue weighted by atomic mass is 19.4. The molecule has 0 fully saturated rings. The average molecular weight is 345 g/mol. The minimum absolute atomic E-state index is 0.0797. The number of halogens is 3. The molecule has 0 saturated carbocycles. The number of nitrogens with one attached hydrogen (secondary N) is 2. The zero-order chi connectivity index (χ0) is 17.9. The molecule has 1 atom stereocenters. The van der Waals surface area contributed by atoms with Crippen molar-refractivity contribution < 1.29 is 27.9 Å². The second-order valence-electron chi connectivity index (χ2n) is 4.82. The third-order valence-electron chi connectivity index (χ3n) is 3.19. The summed E-state index contributed by atoms with van der Waals surface area (Å²) in [5, 5.41) is 11.1. The summed E-state index contributed by atoms with van der Waals surface area (Å²) < 4.78 is 40.0. The normalized spacial score (nSPS) is 12.9. The molecule has 0 radical (unpaired) electrons. The summed E-state index contributed by atoms with van der Waals surface area (Å²) in [5.74, 6) is 1.87. The van der Waals surface area contributed by atoms with E-state index in [9.17, 15) is 22.8 Å². The quantitative estimate of drug-likeness (QED) is 0.331. The molecule has 11 heteroatoms. The van der Waals surface area contributed by atoms with Gasteiger partial charge in [-0.05, 0) is 12.1 Å². The Morgan fingerprint density at radius 3 is 2.58 bits per heavy atom. The fourth-order valence-electron chi connectivity index (χ4n) is 2.13. The van der Waals surface area contributed by atoms with Gasteiger partial charge in [0.15, 0.2) is 0 Å². The van der Waals surface area contributed by atoms with Crippen molar-refractivity contribution in [2.45, 2.75) is 18.8 Å². The lowest BCUT2D eigenvalue weighted by atomic mass is 10.3. The van der Waals surface area contributed by atoms with Gasteiger partial charge in [0, 0.05) is 0 Å². The van der Waals surface area contributed by atoms with Crippen LogP contribution < -0.4 is 16.6 Å². The molecule has 1 heterocycles. The van der Waals surface area contributed by atoms with Gasteiger partial charge in [0.25, 0.3) is 5.91 Å². The number of benzene rings is 1. The zero-order valence-corrected chi connectivity index (χ0v) is 12.2. The topological polar surface area (TPSA) is 122 Å². The highest BCUT2D eigenvalue weighted by Crippen LogP contribution is 2.31. The molecular weight excluding hydrogens is 331 g/mol. The summed E-state index contributed by atoms with van der Waals surface area (Å²) in [6.45, 7) is -1.49. The van der Waals surface area contributed by atoms with Gasteiger partial charge >= 0.3 is 6.18 Å². The predicted octanol–water partition coefficient (Wildman–Crippen LogP) is -0.478. The van der Waals surface area contributed by atoms with E-state index in [4.69, 9.17) is 10.9 Å². The molecule has 24 heavy (non-hydrogen) atoms. The van der Waals surface area contributed by atoms with E-state index in [1.807, 2.05) is 0 Å². The van der Waals surface area contributed by atoms with Gasteiger partial charge in [-0.3, -0.25) is 15.0 Å². The van der Waals surface area contributed by atoms with E-state index in [1.165, 1.54) is 24.3 Å². The Morgan fingerprint density at radius 1 is 1.33 bits per heavy atom. The highest BCUT2D eigenvalue weighted by molar-refractivity contribution is 5.88. The molecule has 0 bridgehead atoms. The molecule has 2 amide bonds. The lowest BCUT2D eigenvalue weighted by molar-refractivity contribution is -0.147. The minimum atomic E-state index is -4.76. The van der Waals surface area contributed by atoms with E-state index in [-0.39, 0.29) is 11.0 Å². The number of aromatic nitrogens is 2. The molecular formula is C13H14F3N5O3. The SMILES string of the molecule is NNC(=O)C(CO)NC(=O)Cn1c(C(F)(F)F)nc2ccccc21. The number of para-hydroxylation sites is 2. The second kappa shape index (κ2) is 6.84. The van der Waals surface area contributed by atoms with Gasteiger partial charge in [-0.25, -0.2) is 10.8 Å². The predicted molar refractivity (Wildman–Crippen MR) is 76.1 cm³/mol. The van der Waals surface area contributed by atoms with Gasteiger partial charge in [0.2, 0.25) is 11.7 Å². The maximum Gasteiger partial charge on any atom is 0.449 e. The molecule has 2 aromatic rings. The number of hydrazine groups is 1. The van der Waals surface area contributed by atoms with Crippen molar-refractivity contribution in [2.24, 2.45) is 5.84 Å². The van der Waals surface area contributed by atoms with E-state index >= 15 is 0 Å². The number of rotatable bonds is 5. The Kier molecular flexibility index (Phi) is 5.04. The van der Waals surface area contributed by atoms with Gasteiger partial charge in [-0.1, -0.05) is 12.1 Å². The Labute approximate surface area is 133 Å². The molecule has 0 saturated heterocycles. The van der Waals surface area contributed by atoms with E-state index in [2.05, 4.69) is 10.3 Å². The zero-order valence-electron chi connectivity index (χ0n) is 12.2. The average Bonchev–Trinajstić information content (AvgIpc) is 2.91. The van der Waals surface area contributed by atoms with Crippen LogP contribution in [0.5, 0.6) is 0 Å². The van der Waals surface area contributed by atoms with Crippen LogP contribution in [0.3, 0.4) is 0 Å². The smallest absolute Gasteiger partial charge is 0.394 e. The molecule has 1 unspecified atom stereocenters. The van der Waals surface area contributed by atoms with Crippen LogP contribution >= 0.6 is 0 Å². The third-order valence-corrected chi connectivity index (χ3v) is 3.19. The van der Waals surface area contributed by atoms with Crippen LogP contribution in [0.25, 0.3) is 11.0 Å². The third kappa shape index (κ3) is 3.63. The van der Waals surface area contributed by atoms with E-state index in [0.29, 0.717) is 4.57 Å². The maximum absolute atomic E-state index is 13.1. The van der Waals surface area contributed by atoms with Crippen molar-refractivity contribution in [1.82, 2.24) is 20.3 Å². The molecule has 0 spiro atoms. The maximum atomic E-state index is 13.1. The van der Waals surface area contributed by atoms with Crippen LogP contribution in [0.2, 0.25) is 0 Å². The number of nitrogens with zero attached hydrogens (tertiary/aromatic N) is 2. The van der Waals surface area contributed by atoms with Crippen LogP contribution in [0.15, 0.2) is 24.3 Å². The van der Waals surface area contributed by atoms with Crippen LogP contribution in [0, 0.1) is 0 Å². The second-order valence-corrected chi connectivity index (χ2v) is 4.82. The number of aliphatic hydroxyl groups excluding tert-OH is 1. The van der Waals surface area contributed by atoms with Crippen molar-refractivity contribution in [1.29, 1.82) is 0 Å². The summed E-state index contributed by atoms with van der Waals surface area (Å²) in [6, 6.07) is 4.44. The molecule has 0 aliphatic heterocycles. The molecule has 0 aliphatic carbocycles. The Morgan fingerprint density at radius 2 is 2.00 bits per heavy atom. The standard InChI is InChI=1S/C13H14F3N5O3/c14-13(15,16)12-19-7-3-1-2-4-9(7)21(12)5-10(23)18-8(6-22)11(24)20-17/h1-4,8,22H,5-6,17H2,(H,18,23)(H,20,24). The molecule has 2 rings (SSSR count). The number of carbonyl (C=O) groups excluding carboxylic acids is 2. The summed E-state index contributed by atoms with van der Waals surface area (Å²) in [7, 11) is 0. The van der Waals surface area contributed by atoms with Crippen LogP contribution in [0.4, 0.5) is 13.2 Å². The number of hydrogen-bond donors (Lipinski definition) is 4. The summed E-state index contributed by atoms with van der Waals surface area (Å²) in [6.07, 6.45) is -4.76. The largest absolute Gasteiger partial charge is 0.449 e. The van der Waals surface area contributed by atoms with Crippen LogP contribution in [-0.2, 0) is 22.3 Å². The summed E-state index contributed by atoms with van der Waals surface area (Å²) in [4.78, 5) is 26.8. The number of imidazole rings is 1. The molecule has 130 valence electrons. The van der Waals surface area contributed by atoms with E-state index in [1.54, 1.807) is 5.43 Å². The van der Waals surface area contributed by atoms with Crippen LogP contribution in [0.1, 0.15) is 5.82 Å². The molecule has 8 nitrogen and oxygen atoms in total. The Bertz CT molecular complexity index is 759. The number of aliphatic hydroxyl groups is 1.